The van der Waals surface area contributed by atoms with Gasteiger partial charge in [0, 0.05) is 11.7 Å². The van der Waals surface area contributed by atoms with E-state index in [0.717, 1.165) is 18.5 Å². The van der Waals surface area contributed by atoms with E-state index < -0.39 is 0 Å². The Morgan fingerprint density at radius 3 is 2.46 bits per heavy atom. The molecule has 1 aliphatic carbocycles. The van der Waals surface area contributed by atoms with E-state index in [9.17, 15) is 9.59 Å². The van der Waals surface area contributed by atoms with E-state index in [1.807, 2.05) is 19.1 Å². The van der Waals surface area contributed by atoms with Gasteiger partial charge in [-0.1, -0.05) is 31.7 Å². The van der Waals surface area contributed by atoms with Gasteiger partial charge in [0.15, 0.2) is 0 Å². The van der Waals surface area contributed by atoms with E-state index in [-0.39, 0.29) is 24.9 Å². The predicted molar refractivity (Wildman–Crippen MR) is 94.7 cm³/mol. The first-order valence-electron chi connectivity index (χ1n) is 8.74. The minimum atomic E-state index is -0.169. The van der Waals surface area contributed by atoms with Gasteiger partial charge in [0.25, 0.3) is 0 Å². The largest absolute Gasteiger partial charge is 0.352 e. The second-order valence-electron chi connectivity index (χ2n) is 6.64. The molecule has 1 aromatic heterocycles. The van der Waals surface area contributed by atoms with Crippen molar-refractivity contribution >= 4 is 17.6 Å². The first kappa shape index (κ1) is 18.4. The number of aryl methyl sites for hydroxylation is 1. The molecule has 0 atom stereocenters. The Morgan fingerprint density at radius 1 is 1.12 bits per heavy atom. The number of hydrogen-bond acceptors (Lipinski definition) is 4. The van der Waals surface area contributed by atoms with Crippen molar-refractivity contribution in [2.45, 2.75) is 51.5 Å². The number of nitrogens with zero attached hydrogens (tertiary/aromatic N) is 2. The summed E-state index contributed by atoms with van der Waals surface area (Å²) in [5.74, 6) is 0.361. The molecule has 6 nitrogen and oxygen atoms in total. The van der Waals surface area contributed by atoms with Crippen LogP contribution in [0.3, 0.4) is 0 Å². The zero-order valence-corrected chi connectivity index (χ0v) is 14.7. The summed E-state index contributed by atoms with van der Waals surface area (Å²) in [7, 11) is 1.77. The minimum absolute atomic E-state index is 0.00844. The molecule has 2 amide bonds. The number of hydrogen-bond donors (Lipinski definition) is 2. The highest BCUT2D eigenvalue weighted by Gasteiger charge is 2.16. The van der Waals surface area contributed by atoms with Crippen LogP contribution in [0.5, 0.6) is 0 Å². The maximum absolute atomic E-state index is 12.1. The lowest BCUT2D eigenvalue weighted by Gasteiger charge is -2.20. The summed E-state index contributed by atoms with van der Waals surface area (Å²) >= 11 is 0. The van der Waals surface area contributed by atoms with Crippen molar-refractivity contribution in [3.63, 3.8) is 0 Å². The summed E-state index contributed by atoms with van der Waals surface area (Å²) < 4.78 is 0. The minimum Gasteiger partial charge on any atom is -0.352 e. The average Bonchev–Trinajstić information content (AvgIpc) is 2.75. The maximum atomic E-state index is 12.1. The van der Waals surface area contributed by atoms with Crippen LogP contribution in [0, 0.1) is 6.92 Å². The van der Waals surface area contributed by atoms with Crippen molar-refractivity contribution in [3.05, 3.63) is 23.9 Å². The Bertz CT molecular complexity index is 554. The van der Waals surface area contributed by atoms with Gasteiger partial charge in [0.1, 0.15) is 5.82 Å². The smallest absolute Gasteiger partial charge is 0.239 e. The SMILES string of the molecule is Cc1cccc(NC(=O)CN(C)CC(=O)NC2CCCCCC2)n1. The standard InChI is InChI=1S/C18H28N4O2/c1-14-8-7-11-16(19-14)21-18(24)13-22(2)12-17(23)20-15-9-5-3-4-6-10-15/h7-8,11,15H,3-6,9-10,12-13H2,1-2H3,(H,20,23)(H,19,21,24). The molecule has 2 N–H and O–H groups in total. The summed E-state index contributed by atoms with van der Waals surface area (Å²) in [6, 6.07) is 5.77. The monoisotopic (exact) mass is 332 g/mol. The molecule has 24 heavy (non-hydrogen) atoms. The number of nitrogens with one attached hydrogen (secondary N) is 2. The lowest BCUT2D eigenvalue weighted by molar-refractivity contribution is -0.123. The molecule has 0 bridgehead atoms. The van der Waals surface area contributed by atoms with Gasteiger partial charge >= 0.3 is 0 Å². The summed E-state index contributed by atoms with van der Waals surface area (Å²) in [5.41, 5.74) is 0.851. The van der Waals surface area contributed by atoms with Crippen molar-refractivity contribution < 1.29 is 9.59 Å². The van der Waals surface area contributed by atoms with Crippen molar-refractivity contribution in [2.75, 3.05) is 25.5 Å². The van der Waals surface area contributed by atoms with Gasteiger partial charge in [-0.15, -0.1) is 0 Å². The van der Waals surface area contributed by atoms with E-state index in [1.165, 1.54) is 25.7 Å². The van der Waals surface area contributed by atoms with Crippen molar-refractivity contribution in [1.29, 1.82) is 0 Å². The second-order valence-corrected chi connectivity index (χ2v) is 6.64. The molecule has 0 unspecified atom stereocenters. The molecule has 6 heteroatoms. The molecule has 2 rings (SSSR count). The van der Waals surface area contributed by atoms with Crippen molar-refractivity contribution in [2.24, 2.45) is 0 Å². The molecule has 1 saturated carbocycles. The van der Waals surface area contributed by atoms with Crippen molar-refractivity contribution in [3.8, 4) is 0 Å². The Hall–Kier alpha value is -1.95. The molecule has 1 aliphatic rings. The van der Waals surface area contributed by atoms with E-state index in [4.69, 9.17) is 0 Å². The van der Waals surface area contributed by atoms with Gasteiger partial charge in [-0.05, 0) is 38.9 Å². The van der Waals surface area contributed by atoms with E-state index in [1.54, 1.807) is 18.0 Å². The number of pyridine rings is 1. The fraction of sp³-hybridized carbons (Fsp3) is 0.611. The van der Waals surface area contributed by atoms with Gasteiger partial charge in [0.05, 0.1) is 13.1 Å². The molecule has 0 saturated heterocycles. The number of carbonyl (C=O) groups excluding carboxylic acids is 2. The molecular weight excluding hydrogens is 304 g/mol. The molecule has 1 aromatic rings. The Morgan fingerprint density at radius 2 is 1.79 bits per heavy atom. The third kappa shape index (κ3) is 6.66. The third-order valence-electron chi connectivity index (χ3n) is 4.20. The van der Waals surface area contributed by atoms with Crippen LogP contribution < -0.4 is 10.6 Å². The lowest BCUT2D eigenvalue weighted by atomic mass is 10.1. The topological polar surface area (TPSA) is 74.3 Å². The molecule has 0 aliphatic heterocycles. The van der Waals surface area contributed by atoms with E-state index >= 15 is 0 Å². The van der Waals surface area contributed by atoms with Crippen molar-refractivity contribution in [1.82, 2.24) is 15.2 Å². The highest BCUT2D eigenvalue weighted by atomic mass is 16.2. The van der Waals surface area contributed by atoms with Crippen LogP contribution in [0.4, 0.5) is 5.82 Å². The second kappa shape index (κ2) is 9.37. The molecule has 1 fully saturated rings. The Kier molecular flexibility index (Phi) is 7.18. The van der Waals surface area contributed by atoms with E-state index in [2.05, 4.69) is 15.6 Å². The normalized spacial score (nSPS) is 15.8. The number of amides is 2. The molecule has 0 radical (unpaired) electrons. The Labute approximate surface area is 144 Å². The summed E-state index contributed by atoms with van der Waals surface area (Å²) in [5, 5.41) is 5.85. The van der Waals surface area contributed by atoms with Crippen LogP contribution in [0.2, 0.25) is 0 Å². The van der Waals surface area contributed by atoms with Gasteiger partial charge in [-0.3, -0.25) is 14.5 Å². The fourth-order valence-corrected chi connectivity index (χ4v) is 3.04. The predicted octanol–water partition coefficient (Wildman–Crippen LogP) is 2.10. The van der Waals surface area contributed by atoms with Crippen LogP contribution in [-0.4, -0.2) is 47.9 Å². The molecular formula is C18H28N4O2. The highest BCUT2D eigenvalue weighted by Crippen LogP contribution is 2.17. The van der Waals surface area contributed by atoms with Crippen LogP contribution >= 0.6 is 0 Å². The maximum Gasteiger partial charge on any atom is 0.239 e. The zero-order valence-electron chi connectivity index (χ0n) is 14.7. The molecule has 132 valence electrons. The lowest BCUT2D eigenvalue weighted by Crippen LogP contribution is -2.42. The van der Waals surface area contributed by atoms with Gasteiger partial charge < -0.3 is 10.6 Å². The zero-order chi connectivity index (χ0) is 17.4. The van der Waals surface area contributed by atoms with Gasteiger partial charge in [-0.25, -0.2) is 4.98 Å². The van der Waals surface area contributed by atoms with Gasteiger partial charge in [-0.2, -0.15) is 0 Å². The quantitative estimate of drug-likeness (QED) is 0.783. The molecule has 0 aromatic carbocycles. The summed E-state index contributed by atoms with van der Waals surface area (Å²) in [6.07, 6.45) is 7.03. The average molecular weight is 332 g/mol. The summed E-state index contributed by atoms with van der Waals surface area (Å²) in [4.78, 5) is 30.1. The van der Waals surface area contributed by atoms with Crippen LogP contribution in [0.15, 0.2) is 18.2 Å². The first-order chi connectivity index (χ1) is 11.5. The number of anilines is 1. The number of likely N-dealkylation sites (N-methyl/N-ethyl adjacent to an activating group) is 1. The fourth-order valence-electron chi connectivity index (χ4n) is 3.04. The molecule has 1 heterocycles. The number of carbonyl (C=O) groups is 2. The van der Waals surface area contributed by atoms with Gasteiger partial charge in [0.2, 0.25) is 11.8 Å². The van der Waals surface area contributed by atoms with Crippen LogP contribution in [0.1, 0.15) is 44.2 Å². The Balaban J connectivity index is 1.72. The number of aromatic nitrogens is 1. The van der Waals surface area contributed by atoms with Crippen LogP contribution in [0.25, 0.3) is 0 Å². The van der Waals surface area contributed by atoms with Crippen LogP contribution in [-0.2, 0) is 9.59 Å². The van der Waals surface area contributed by atoms with E-state index in [0.29, 0.717) is 11.9 Å². The first-order valence-corrected chi connectivity index (χ1v) is 8.74. The number of rotatable bonds is 6. The highest BCUT2D eigenvalue weighted by molar-refractivity contribution is 5.91. The summed E-state index contributed by atoms with van der Waals surface area (Å²) in [6.45, 7) is 2.26. The third-order valence-corrected chi connectivity index (χ3v) is 4.20. The molecule has 0 spiro atoms.